The van der Waals surface area contributed by atoms with Crippen LogP contribution in [0.15, 0.2) is 42.6 Å². The average molecular weight is 576 g/mol. The molecule has 5 N–H and O–H groups in total. The lowest BCUT2D eigenvalue weighted by molar-refractivity contribution is -0.170. The average Bonchev–Trinajstić information content (AvgIpc) is 3.26. The molecule has 2 aromatic rings. The molecule has 1 spiro atoms. The number of aliphatic hydroxyl groups is 1. The number of carbonyl (C=O) groups excluding carboxylic acids is 1. The molecule has 4 rings (SSSR count). The number of aromatic nitrogens is 1. The molecule has 222 valence electrons. The largest absolute Gasteiger partial charge is 0.481 e. The predicted molar refractivity (Wildman–Crippen MR) is 141 cm³/mol. The summed E-state index contributed by atoms with van der Waals surface area (Å²) in [5.41, 5.74) is -0.0976. The molecule has 0 saturated carbocycles. The Balaban J connectivity index is 0.000000302. The fraction of sp³-hybridized carbons (Fsp3) is 0.464. The Kier molecular flexibility index (Phi) is 10.5. The third kappa shape index (κ3) is 8.28. The van der Waals surface area contributed by atoms with Crippen LogP contribution in [0, 0.1) is 11.7 Å². The van der Waals surface area contributed by atoms with Crippen molar-refractivity contribution < 1.29 is 48.7 Å². The third-order valence-electron chi connectivity index (χ3n) is 7.29. The van der Waals surface area contributed by atoms with Crippen LogP contribution in [-0.2, 0) is 42.5 Å². The number of hydrogen-bond donors (Lipinski definition) is 5. The maximum Gasteiger partial charge on any atom is 0.336 e. The number of aliphatic carboxylic acids is 3. The molecule has 2 aliphatic heterocycles. The molecule has 13 heteroatoms. The number of pyridine rings is 1. The van der Waals surface area contributed by atoms with Crippen LogP contribution in [0.25, 0.3) is 0 Å². The van der Waals surface area contributed by atoms with Crippen molar-refractivity contribution in [2.24, 2.45) is 5.92 Å². The quantitative estimate of drug-likeness (QED) is 0.276. The van der Waals surface area contributed by atoms with Gasteiger partial charge >= 0.3 is 17.9 Å². The van der Waals surface area contributed by atoms with Gasteiger partial charge in [0, 0.05) is 45.0 Å². The van der Waals surface area contributed by atoms with E-state index in [-0.39, 0.29) is 23.2 Å². The van der Waals surface area contributed by atoms with Gasteiger partial charge in [0.1, 0.15) is 5.82 Å². The van der Waals surface area contributed by atoms with Crippen LogP contribution in [0.5, 0.6) is 0 Å². The molecule has 1 aromatic heterocycles. The van der Waals surface area contributed by atoms with Gasteiger partial charge in [-0.05, 0) is 48.2 Å². The third-order valence-corrected chi connectivity index (χ3v) is 7.29. The van der Waals surface area contributed by atoms with Crippen molar-refractivity contribution in [3.63, 3.8) is 0 Å². The Hall–Kier alpha value is -3.94. The highest BCUT2D eigenvalue weighted by molar-refractivity contribution is 5.88. The van der Waals surface area contributed by atoms with Crippen molar-refractivity contribution in [1.82, 2.24) is 15.2 Å². The fourth-order valence-electron chi connectivity index (χ4n) is 5.14. The summed E-state index contributed by atoms with van der Waals surface area (Å²) in [7, 11) is 1.68. The maximum atomic E-state index is 13.8. The number of benzene rings is 1. The summed E-state index contributed by atoms with van der Waals surface area (Å²) in [6.45, 7) is 2.88. The maximum absolute atomic E-state index is 13.8. The standard InChI is InChI=1S/C22H26FN3O2.C6H8O7/c1-24-21(27)17(12-19-4-2-3-9-25-19)14-26-10-7-22(8-11-26)20-13-18(23)6-5-16(20)15-28-22;7-3(8)1-6(13,5(11)12)2-4(9)10/h2-6,9,13,17H,7-8,10-12,14-15H2,1H3,(H,24,27);13H,1-2H2,(H,7,8)(H,9,10)(H,11,12). The zero-order chi connectivity index (χ0) is 30.2. The van der Waals surface area contributed by atoms with Gasteiger partial charge in [-0.25, -0.2) is 9.18 Å². The summed E-state index contributed by atoms with van der Waals surface area (Å²) >= 11 is 0. The van der Waals surface area contributed by atoms with E-state index in [2.05, 4.69) is 15.2 Å². The van der Waals surface area contributed by atoms with Gasteiger partial charge in [0.2, 0.25) is 5.91 Å². The zero-order valence-electron chi connectivity index (χ0n) is 22.6. The van der Waals surface area contributed by atoms with E-state index in [0.29, 0.717) is 19.6 Å². The van der Waals surface area contributed by atoms with Gasteiger partial charge in [0.25, 0.3) is 0 Å². The molecule has 1 fully saturated rings. The number of piperidine rings is 1. The van der Waals surface area contributed by atoms with Crippen molar-refractivity contribution in [1.29, 1.82) is 0 Å². The van der Waals surface area contributed by atoms with Crippen molar-refractivity contribution in [3.05, 3.63) is 65.2 Å². The van der Waals surface area contributed by atoms with Gasteiger partial charge in [-0.2, -0.15) is 0 Å². The number of fused-ring (bicyclic) bond motifs is 2. The van der Waals surface area contributed by atoms with E-state index < -0.39 is 36.4 Å². The second kappa shape index (κ2) is 13.6. The van der Waals surface area contributed by atoms with Crippen LogP contribution >= 0.6 is 0 Å². The van der Waals surface area contributed by atoms with Gasteiger partial charge in [-0.15, -0.1) is 0 Å². The van der Waals surface area contributed by atoms with Gasteiger partial charge < -0.3 is 35.4 Å². The summed E-state index contributed by atoms with van der Waals surface area (Å²) < 4.78 is 19.9. The molecule has 3 heterocycles. The highest BCUT2D eigenvalue weighted by Crippen LogP contribution is 2.44. The second-order valence-corrected chi connectivity index (χ2v) is 10.2. The lowest BCUT2D eigenvalue weighted by atomic mass is 9.83. The van der Waals surface area contributed by atoms with E-state index in [1.807, 2.05) is 24.3 Å². The first-order valence-corrected chi connectivity index (χ1v) is 13.0. The molecule has 12 nitrogen and oxygen atoms in total. The lowest BCUT2D eigenvalue weighted by Crippen LogP contribution is -2.46. The van der Waals surface area contributed by atoms with Crippen LogP contribution in [-0.4, -0.2) is 86.4 Å². The number of nitrogens with zero attached hydrogens (tertiary/aromatic N) is 2. The van der Waals surface area contributed by atoms with E-state index in [0.717, 1.165) is 42.8 Å². The highest BCUT2D eigenvalue weighted by atomic mass is 19.1. The number of halogens is 1. The minimum absolute atomic E-state index is 0.0375. The highest BCUT2D eigenvalue weighted by Gasteiger charge is 2.43. The first-order chi connectivity index (χ1) is 19.4. The molecule has 41 heavy (non-hydrogen) atoms. The molecule has 2 aliphatic rings. The SMILES string of the molecule is CNC(=O)C(Cc1ccccn1)CN1CCC2(CC1)OCc1ccc(F)cc12.O=C(O)CC(O)(CC(=O)O)C(=O)O. The number of likely N-dealkylation sites (tertiary alicyclic amines) is 1. The van der Waals surface area contributed by atoms with E-state index in [1.54, 1.807) is 19.3 Å². The molecule has 0 radical (unpaired) electrons. The topological polar surface area (TPSA) is 187 Å². The zero-order valence-corrected chi connectivity index (χ0v) is 22.6. The Morgan fingerprint density at radius 1 is 1.10 bits per heavy atom. The summed E-state index contributed by atoms with van der Waals surface area (Å²) in [6.07, 6.45) is 1.71. The molecule has 0 aliphatic carbocycles. The molecule has 1 aromatic carbocycles. The van der Waals surface area contributed by atoms with E-state index in [9.17, 15) is 23.6 Å². The minimum Gasteiger partial charge on any atom is -0.481 e. The molecule has 0 bridgehead atoms. The fourth-order valence-corrected chi connectivity index (χ4v) is 5.14. The Bertz CT molecular complexity index is 1230. The lowest BCUT2D eigenvalue weighted by Gasteiger charge is -2.40. The Morgan fingerprint density at radius 2 is 1.76 bits per heavy atom. The molecule has 1 saturated heterocycles. The van der Waals surface area contributed by atoms with Crippen molar-refractivity contribution in [2.45, 2.75) is 49.9 Å². The smallest absolute Gasteiger partial charge is 0.336 e. The normalized spacial score (nSPS) is 16.7. The van der Waals surface area contributed by atoms with Crippen LogP contribution in [0.1, 0.15) is 42.5 Å². The molecular formula is C28H34FN3O9. The molecule has 1 atom stereocenters. The monoisotopic (exact) mass is 575 g/mol. The molecule has 1 unspecified atom stereocenters. The summed E-state index contributed by atoms with van der Waals surface area (Å²) in [5.74, 6) is -5.34. The number of ether oxygens (including phenoxy) is 1. The first kappa shape index (κ1) is 31.6. The number of carbonyl (C=O) groups is 4. The van der Waals surface area contributed by atoms with Crippen LogP contribution in [0.4, 0.5) is 4.39 Å². The summed E-state index contributed by atoms with van der Waals surface area (Å²) in [5, 5.41) is 36.6. The van der Waals surface area contributed by atoms with Crippen LogP contribution in [0.3, 0.4) is 0 Å². The van der Waals surface area contributed by atoms with Gasteiger partial charge in [-0.1, -0.05) is 12.1 Å². The van der Waals surface area contributed by atoms with E-state index in [1.165, 1.54) is 6.07 Å². The van der Waals surface area contributed by atoms with Crippen molar-refractivity contribution in [2.75, 3.05) is 26.7 Å². The summed E-state index contributed by atoms with van der Waals surface area (Å²) in [4.78, 5) is 49.6. The van der Waals surface area contributed by atoms with Crippen molar-refractivity contribution >= 4 is 23.8 Å². The van der Waals surface area contributed by atoms with Gasteiger partial charge in [0.05, 0.1) is 31.0 Å². The molecular weight excluding hydrogens is 541 g/mol. The number of nitrogens with one attached hydrogen (secondary N) is 1. The molecule has 1 amide bonds. The first-order valence-electron chi connectivity index (χ1n) is 13.0. The number of rotatable bonds is 10. The van der Waals surface area contributed by atoms with E-state index >= 15 is 0 Å². The van der Waals surface area contributed by atoms with Crippen molar-refractivity contribution in [3.8, 4) is 0 Å². The minimum atomic E-state index is -2.74. The van der Waals surface area contributed by atoms with E-state index in [4.69, 9.17) is 25.2 Å². The Morgan fingerprint density at radius 3 is 2.29 bits per heavy atom. The number of hydrogen-bond acceptors (Lipinski definition) is 8. The van der Waals surface area contributed by atoms with Gasteiger partial charge in [0.15, 0.2) is 5.60 Å². The predicted octanol–water partition coefficient (Wildman–Crippen LogP) is 1.40. The number of amides is 1. The van der Waals surface area contributed by atoms with Gasteiger partial charge in [-0.3, -0.25) is 19.4 Å². The number of carboxylic acid groups (broad SMARTS) is 3. The second-order valence-electron chi connectivity index (χ2n) is 10.2. The summed E-state index contributed by atoms with van der Waals surface area (Å²) in [6, 6.07) is 10.8. The number of carboxylic acids is 3. The Labute approximate surface area is 235 Å². The van der Waals surface area contributed by atoms with Crippen LogP contribution in [0.2, 0.25) is 0 Å². The van der Waals surface area contributed by atoms with Crippen LogP contribution < -0.4 is 5.32 Å².